The van der Waals surface area contributed by atoms with Gasteiger partial charge in [0.2, 0.25) is 0 Å². The second kappa shape index (κ2) is 28.7. The Labute approximate surface area is 691 Å². The molecule has 2 heterocycles. The van der Waals surface area contributed by atoms with E-state index in [1.54, 1.807) is 0 Å². The maximum atomic E-state index is 6.42. The molecule has 0 fully saturated rings. The number of furan rings is 1. The average Bonchev–Trinajstić information content (AvgIpc) is 1.56. The van der Waals surface area contributed by atoms with Gasteiger partial charge in [0.15, 0.2) is 0 Å². The van der Waals surface area contributed by atoms with E-state index in [-0.39, 0.29) is 10.8 Å². The normalized spacial score (nSPS) is 12.8. The van der Waals surface area contributed by atoms with E-state index in [1.165, 1.54) is 142 Å². The van der Waals surface area contributed by atoms with Crippen LogP contribution in [-0.4, -0.2) is 0 Å². The summed E-state index contributed by atoms with van der Waals surface area (Å²) in [6.07, 6.45) is 0. The monoisotopic (exact) mass is 1520 g/mol. The summed E-state index contributed by atoms with van der Waals surface area (Å²) in [5.41, 5.74) is 33.3. The first-order chi connectivity index (χ1) is 58.2. The number of hydrogen-bond acceptors (Lipinski definition) is 4. The van der Waals surface area contributed by atoms with Crippen LogP contribution in [0.3, 0.4) is 0 Å². The molecule has 2 aliphatic rings. The van der Waals surface area contributed by atoms with Crippen molar-refractivity contribution in [1.29, 1.82) is 0 Å². The van der Waals surface area contributed by atoms with E-state index in [0.717, 1.165) is 67.2 Å². The van der Waals surface area contributed by atoms with Crippen LogP contribution in [0.15, 0.2) is 441 Å². The Morgan fingerprint density at radius 1 is 0.220 bits per heavy atom. The molecule has 21 aromatic rings. The van der Waals surface area contributed by atoms with E-state index in [2.05, 4.69) is 448 Å². The van der Waals surface area contributed by atoms with Crippen molar-refractivity contribution in [3.8, 4) is 77.9 Å². The van der Waals surface area contributed by atoms with E-state index in [4.69, 9.17) is 4.42 Å². The maximum absolute atomic E-state index is 6.42. The summed E-state index contributed by atoms with van der Waals surface area (Å²) in [7, 11) is 0. The number of fused-ring (bicyclic) bond motifs is 14. The van der Waals surface area contributed by atoms with E-state index >= 15 is 0 Å². The van der Waals surface area contributed by atoms with Gasteiger partial charge in [-0.2, -0.15) is 0 Å². The van der Waals surface area contributed by atoms with Gasteiger partial charge < -0.3 is 14.2 Å². The van der Waals surface area contributed by atoms with Crippen molar-refractivity contribution in [3.63, 3.8) is 0 Å². The Hall–Kier alpha value is -14.7. The zero-order valence-electron chi connectivity index (χ0n) is 65.3. The van der Waals surface area contributed by atoms with Gasteiger partial charge in [-0.3, -0.25) is 0 Å². The molecule has 0 bridgehead atoms. The van der Waals surface area contributed by atoms with Gasteiger partial charge in [0.25, 0.3) is 0 Å². The van der Waals surface area contributed by atoms with Gasteiger partial charge in [0.1, 0.15) is 11.2 Å². The standard InChI is InChI=1S/C60H41NS.C54H37NO/c1-60(56-19-8-5-14-52(56)53-15-6-9-20-57(53)60)47-31-24-41(25-32-47)42-26-33-48(34-27-42)61(50-37-30-45-38-44(22-23-46(45)39-50)40-12-3-2-4-13-40)49-35-28-43(29-36-49)51-17-11-18-55-54-16-7-10-21-58(54)62-59(51)55;1-54(50-18-7-4-13-46(50)47-14-5-8-19-51(47)54)41-27-33-44(34-28-41)55(42-29-23-37(24-30-42)40-22-21-36-11-2-3-12-39(36)35-40)43-31-25-38(26-32-43)45-16-10-17-49-48-15-6-9-20-52(48)56-53(45)49/h2-39H,1H3;2-35H,1H3. The molecule has 23 rings (SSSR count). The Bertz CT molecular complexity index is 7330. The number of thiophene rings is 1. The molecule has 556 valence electrons. The van der Waals surface area contributed by atoms with Gasteiger partial charge in [-0.15, -0.1) is 11.3 Å². The topological polar surface area (TPSA) is 19.6 Å². The highest BCUT2D eigenvalue weighted by atomic mass is 32.1. The molecule has 0 unspecified atom stereocenters. The molecule has 0 amide bonds. The smallest absolute Gasteiger partial charge is 0.143 e. The van der Waals surface area contributed by atoms with E-state index in [9.17, 15) is 0 Å². The summed E-state index contributed by atoms with van der Waals surface area (Å²) in [4.78, 5) is 4.75. The Morgan fingerprint density at radius 2 is 0.559 bits per heavy atom. The molecule has 0 N–H and O–H groups in total. The van der Waals surface area contributed by atoms with Crippen LogP contribution in [0.2, 0.25) is 0 Å². The fourth-order valence-electron chi connectivity index (χ4n) is 19.0. The number of hydrogen-bond donors (Lipinski definition) is 0. The number of rotatable bonds is 13. The van der Waals surface area contributed by atoms with Crippen molar-refractivity contribution < 1.29 is 4.42 Å². The van der Waals surface area contributed by atoms with Crippen LogP contribution in [0, 0.1) is 0 Å². The van der Waals surface area contributed by atoms with Crippen LogP contribution in [0.25, 0.3) is 142 Å². The van der Waals surface area contributed by atoms with E-state index in [0.29, 0.717) is 0 Å². The lowest BCUT2D eigenvalue weighted by Crippen LogP contribution is -2.22. The van der Waals surface area contributed by atoms with Crippen LogP contribution in [0.1, 0.15) is 47.2 Å². The third-order valence-corrected chi connectivity index (χ3v) is 26.4. The lowest BCUT2D eigenvalue weighted by Gasteiger charge is -2.30. The summed E-state index contributed by atoms with van der Waals surface area (Å²) in [6.45, 7) is 4.75. The van der Waals surface area contributed by atoms with Crippen LogP contribution >= 0.6 is 11.3 Å². The number of nitrogens with zero attached hydrogens (tertiary/aromatic N) is 2. The highest BCUT2D eigenvalue weighted by Gasteiger charge is 2.42. The molecule has 0 saturated carbocycles. The molecule has 118 heavy (non-hydrogen) atoms. The second-order valence-corrected chi connectivity index (χ2v) is 32.7. The van der Waals surface area contributed by atoms with Gasteiger partial charge in [-0.1, -0.05) is 340 Å². The van der Waals surface area contributed by atoms with Crippen LogP contribution in [-0.2, 0) is 10.8 Å². The zero-order chi connectivity index (χ0) is 78.4. The number of para-hydroxylation sites is 2. The Kier molecular flexibility index (Phi) is 17.0. The molecule has 0 saturated heterocycles. The average molecular weight is 1520 g/mol. The molecule has 0 spiro atoms. The molecule has 4 heteroatoms. The molecule has 2 aliphatic carbocycles. The third kappa shape index (κ3) is 11.9. The lowest BCUT2D eigenvalue weighted by molar-refractivity contribution is 0.670. The summed E-state index contributed by atoms with van der Waals surface area (Å²) >= 11 is 1.88. The predicted molar refractivity (Wildman–Crippen MR) is 499 cm³/mol. The Morgan fingerprint density at radius 3 is 1.12 bits per heavy atom. The summed E-state index contributed by atoms with van der Waals surface area (Å²) in [5.74, 6) is 0. The quantitative estimate of drug-likeness (QED) is 0.115. The van der Waals surface area contributed by atoms with Gasteiger partial charge in [-0.05, 0) is 238 Å². The van der Waals surface area contributed by atoms with E-state index < -0.39 is 0 Å². The van der Waals surface area contributed by atoms with Crippen molar-refractivity contribution in [2.24, 2.45) is 0 Å². The zero-order valence-corrected chi connectivity index (χ0v) is 66.1. The highest BCUT2D eigenvalue weighted by Crippen LogP contribution is 2.55. The van der Waals surface area contributed by atoms with Crippen molar-refractivity contribution in [2.75, 3.05) is 9.80 Å². The summed E-state index contributed by atoms with van der Waals surface area (Å²) < 4.78 is 9.08. The van der Waals surface area contributed by atoms with Gasteiger partial charge >= 0.3 is 0 Å². The molecule has 0 aliphatic heterocycles. The molecule has 19 aromatic carbocycles. The Balaban J connectivity index is 0.000000143. The maximum Gasteiger partial charge on any atom is 0.143 e. The second-order valence-electron chi connectivity index (χ2n) is 31.7. The molecule has 0 atom stereocenters. The molecular formula is C114H78N2OS. The minimum Gasteiger partial charge on any atom is -0.455 e. The molecule has 2 aromatic heterocycles. The summed E-state index contributed by atoms with van der Waals surface area (Å²) in [6, 6.07) is 160. The van der Waals surface area contributed by atoms with Crippen LogP contribution in [0.5, 0.6) is 0 Å². The summed E-state index contributed by atoms with van der Waals surface area (Å²) in [5, 5.41) is 9.84. The van der Waals surface area contributed by atoms with Gasteiger partial charge in [0.05, 0.1) is 0 Å². The van der Waals surface area contributed by atoms with Crippen molar-refractivity contribution >= 4 is 109 Å². The fourth-order valence-corrected chi connectivity index (χ4v) is 20.3. The first kappa shape index (κ1) is 70.0. The first-order valence-electron chi connectivity index (χ1n) is 40.7. The SMILES string of the molecule is CC1(c2ccc(-c3ccc(N(c4ccc(-c5cccc6c5sc5ccccc56)cc4)c4ccc5cc(-c6ccccc6)ccc5c4)cc3)cc2)c2ccccc2-c2ccccc21.CC1(c2ccc(N(c3ccc(-c4ccc5ccccc5c4)cc3)c3ccc(-c4cccc5c4oc4ccccc45)cc3)cc2)c2ccccc2-c2ccccc21. The third-order valence-electron chi connectivity index (χ3n) is 25.1. The van der Waals surface area contributed by atoms with Gasteiger partial charge in [0, 0.05) is 81.5 Å². The molecular weight excluding hydrogens is 1450 g/mol. The minimum atomic E-state index is -0.253. The fraction of sp³-hybridized carbons (Fsp3) is 0.0351. The van der Waals surface area contributed by atoms with Crippen LogP contribution in [0.4, 0.5) is 34.1 Å². The van der Waals surface area contributed by atoms with E-state index in [1.807, 2.05) is 23.5 Å². The predicted octanol–water partition coefficient (Wildman–Crippen LogP) is 31.9. The number of anilines is 6. The van der Waals surface area contributed by atoms with Gasteiger partial charge in [-0.25, -0.2) is 0 Å². The molecule has 0 radical (unpaired) electrons. The van der Waals surface area contributed by atoms with Crippen molar-refractivity contribution in [3.05, 3.63) is 470 Å². The van der Waals surface area contributed by atoms with Crippen molar-refractivity contribution in [1.82, 2.24) is 0 Å². The highest BCUT2D eigenvalue weighted by molar-refractivity contribution is 7.26. The lowest BCUT2D eigenvalue weighted by atomic mass is 9.74. The largest absolute Gasteiger partial charge is 0.455 e. The molecule has 3 nitrogen and oxygen atoms in total. The van der Waals surface area contributed by atoms with Crippen molar-refractivity contribution in [2.45, 2.75) is 24.7 Å². The minimum absolute atomic E-state index is 0.209. The van der Waals surface area contributed by atoms with Crippen LogP contribution < -0.4 is 9.80 Å². The first-order valence-corrected chi connectivity index (χ1v) is 41.6. The number of benzene rings is 19.